The fourth-order valence-electron chi connectivity index (χ4n) is 1.96. The predicted molar refractivity (Wildman–Crippen MR) is 76.2 cm³/mol. The third-order valence-electron chi connectivity index (χ3n) is 3.21. The molecule has 108 valence electrons. The lowest BCUT2D eigenvalue weighted by Crippen LogP contribution is -2.36. The predicted octanol–water partition coefficient (Wildman–Crippen LogP) is 4.31. The van der Waals surface area contributed by atoms with Crippen LogP contribution in [0.25, 0.3) is 0 Å². The largest absolute Gasteiger partial charge is 0.312 e. The summed E-state index contributed by atoms with van der Waals surface area (Å²) in [6.45, 7) is 9.57. The van der Waals surface area contributed by atoms with Crippen LogP contribution in [-0.4, -0.2) is 12.1 Å². The molecule has 3 heteroatoms. The molecule has 0 fully saturated rings. The second-order valence-corrected chi connectivity index (χ2v) is 6.35. The second-order valence-electron chi connectivity index (χ2n) is 6.35. The fourth-order valence-corrected chi connectivity index (χ4v) is 1.96. The fraction of sp³-hybridized carbons (Fsp3) is 0.625. The maximum absolute atomic E-state index is 13.5. The molecule has 0 bridgehead atoms. The maximum atomic E-state index is 13.5. The first kappa shape index (κ1) is 16.1. The van der Waals surface area contributed by atoms with Crippen LogP contribution >= 0.6 is 0 Å². The van der Waals surface area contributed by atoms with Crippen LogP contribution in [0.1, 0.15) is 46.1 Å². The molecule has 0 saturated carbocycles. The van der Waals surface area contributed by atoms with Crippen molar-refractivity contribution in [1.29, 1.82) is 0 Å². The van der Waals surface area contributed by atoms with Gasteiger partial charge in [-0.25, -0.2) is 8.78 Å². The number of rotatable bonds is 6. The van der Waals surface area contributed by atoms with Gasteiger partial charge in [0.05, 0.1) is 0 Å². The first-order valence-corrected chi connectivity index (χ1v) is 6.97. The number of hydrogen-bond donors (Lipinski definition) is 1. The molecule has 0 aromatic heterocycles. The third-order valence-corrected chi connectivity index (χ3v) is 3.21. The lowest BCUT2D eigenvalue weighted by molar-refractivity contribution is 0.386. The summed E-state index contributed by atoms with van der Waals surface area (Å²) in [4.78, 5) is 0. The van der Waals surface area contributed by atoms with E-state index in [0.717, 1.165) is 25.5 Å². The molecule has 19 heavy (non-hydrogen) atoms. The summed E-state index contributed by atoms with van der Waals surface area (Å²) in [5, 5.41) is 3.45. The Bertz CT molecular complexity index is 396. The molecule has 0 saturated heterocycles. The van der Waals surface area contributed by atoms with Crippen molar-refractivity contribution in [3.63, 3.8) is 0 Å². The van der Waals surface area contributed by atoms with Crippen LogP contribution in [0, 0.1) is 17.6 Å². The van der Waals surface area contributed by atoms with E-state index in [4.69, 9.17) is 0 Å². The normalized spacial score (nSPS) is 13.6. The van der Waals surface area contributed by atoms with Crippen molar-refractivity contribution in [2.45, 2.75) is 52.5 Å². The van der Waals surface area contributed by atoms with Crippen LogP contribution in [0.2, 0.25) is 0 Å². The number of halogens is 2. The van der Waals surface area contributed by atoms with Gasteiger partial charge in [0.25, 0.3) is 0 Å². The highest BCUT2D eigenvalue weighted by Crippen LogP contribution is 2.16. The van der Waals surface area contributed by atoms with Gasteiger partial charge in [-0.2, -0.15) is 0 Å². The lowest BCUT2D eigenvalue weighted by Gasteiger charge is -2.22. The van der Waals surface area contributed by atoms with E-state index in [1.807, 2.05) is 0 Å². The van der Waals surface area contributed by atoms with Gasteiger partial charge < -0.3 is 5.32 Å². The van der Waals surface area contributed by atoms with Crippen LogP contribution in [0.3, 0.4) is 0 Å². The zero-order valence-corrected chi connectivity index (χ0v) is 12.4. The van der Waals surface area contributed by atoms with Gasteiger partial charge >= 0.3 is 0 Å². The second kappa shape index (κ2) is 6.99. The molecule has 0 aliphatic heterocycles. The first-order chi connectivity index (χ1) is 8.78. The highest BCUT2D eigenvalue weighted by Gasteiger charge is 2.10. The van der Waals surface area contributed by atoms with E-state index in [2.05, 4.69) is 33.0 Å². The highest BCUT2D eigenvalue weighted by atomic mass is 19.1. The molecule has 1 aromatic rings. The Morgan fingerprint density at radius 1 is 1.16 bits per heavy atom. The minimum absolute atomic E-state index is 0.142. The van der Waals surface area contributed by atoms with Gasteiger partial charge in [0, 0.05) is 11.6 Å². The van der Waals surface area contributed by atoms with E-state index in [1.54, 1.807) is 6.07 Å². The van der Waals surface area contributed by atoms with E-state index >= 15 is 0 Å². The third kappa shape index (κ3) is 6.67. The molecular formula is C16H25F2N. The summed E-state index contributed by atoms with van der Waals surface area (Å²) in [6.07, 6.45) is 2.66. The number of aryl methyl sites for hydroxylation is 1. The molecule has 0 aliphatic carbocycles. The molecule has 1 nitrogen and oxygen atoms in total. The van der Waals surface area contributed by atoms with Crippen molar-refractivity contribution in [3.05, 3.63) is 35.4 Å². The number of hydrogen-bond acceptors (Lipinski definition) is 1. The quantitative estimate of drug-likeness (QED) is 0.811. The molecule has 1 rings (SSSR count). The van der Waals surface area contributed by atoms with Crippen molar-refractivity contribution in [1.82, 2.24) is 5.32 Å². The topological polar surface area (TPSA) is 12.0 Å². The highest BCUT2D eigenvalue weighted by molar-refractivity contribution is 5.18. The van der Waals surface area contributed by atoms with E-state index in [-0.39, 0.29) is 5.54 Å². The Labute approximate surface area is 115 Å². The standard InChI is InChI=1S/C16H25F2N/c1-12(9-10-19-16(2,3)4)5-6-13-7-8-14(17)11-15(13)18/h7-8,11-12,19H,5-6,9-10H2,1-4H3. The summed E-state index contributed by atoms with van der Waals surface area (Å²) in [6, 6.07) is 3.83. The van der Waals surface area contributed by atoms with Gasteiger partial charge in [0.15, 0.2) is 0 Å². The lowest BCUT2D eigenvalue weighted by atomic mass is 9.97. The van der Waals surface area contributed by atoms with Gasteiger partial charge in [-0.3, -0.25) is 0 Å². The average molecular weight is 269 g/mol. The molecule has 0 spiro atoms. The van der Waals surface area contributed by atoms with Crippen LogP contribution in [0.15, 0.2) is 18.2 Å². The Hall–Kier alpha value is -0.960. The minimum Gasteiger partial charge on any atom is -0.312 e. The molecule has 1 aromatic carbocycles. The Morgan fingerprint density at radius 2 is 1.84 bits per heavy atom. The Kier molecular flexibility index (Phi) is 5.92. The van der Waals surface area contributed by atoms with E-state index in [9.17, 15) is 8.78 Å². The van der Waals surface area contributed by atoms with E-state index in [1.165, 1.54) is 6.07 Å². The van der Waals surface area contributed by atoms with Crippen LogP contribution < -0.4 is 5.32 Å². The van der Waals surface area contributed by atoms with Gasteiger partial charge in [-0.15, -0.1) is 0 Å². The van der Waals surface area contributed by atoms with Crippen LogP contribution in [0.4, 0.5) is 8.78 Å². The van der Waals surface area contributed by atoms with Crippen LogP contribution in [-0.2, 0) is 6.42 Å². The average Bonchev–Trinajstić information content (AvgIpc) is 2.26. The molecule has 1 atom stereocenters. The molecule has 1 unspecified atom stereocenters. The summed E-state index contributed by atoms with van der Waals surface area (Å²) in [5.74, 6) is -0.414. The summed E-state index contributed by atoms with van der Waals surface area (Å²) in [7, 11) is 0. The van der Waals surface area contributed by atoms with Crippen molar-refractivity contribution < 1.29 is 8.78 Å². The molecular weight excluding hydrogens is 244 g/mol. The van der Waals surface area contributed by atoms with Crippen molar-refractivity contribution in [2.75, 3.05) is 6.54 Å². The van der Waals surface area contributed by atoms with Gasteiger partial charge in [-0.05, 0) is 64.1 Å². The van der Waals surface area contributed by atoms with Crippen molar-refractivity contribution >= 4 is 0 Å². The molecule has 0 aliphatic rings. The number of benzene rings is 1. The van der Waals surface area contributed by atoms with Gasteiger partial charge in [-0.1, -0.05) is 13.0 Å². The Morgan fingerprint density at radius 3 is 2.42 bits per heavy atom. The van der Waals surface area contributed by atoms with Crippen molar-refractivity contribution in [3.8, 4) is 0 Å². The van der Waals surface area contributed by atoms with E-state index in [0.29, 0.717) is 17.9 Å². The summed E-state index contributed by atoms with van der Waals surface area (Å²) < 4.78 is 26.2. The van der Waals surface area contributed by atoms with Gasteiger partial charge in [0.1, 0.15) is 11.6 Å². The first-order valence-electron chi connectivity index (χ1n) is 6.97. The molecule has 1 N–H and O–H groups in total. The smallest absolute Gasteiger partial charge is 0.129 e. The van der Waals surface area contributed by atoms with Crippen LogP contribution in [0.5, 0.6) is 0 Å². The molecule has 0 heterocycles. The monoisotopic (exact) mass is 269 g/mol. The summed E-state index contributed by atoms with van der Waals surface area (Å²) in [5.41, 5.74) is 0.750. The number of nitrogens with one attached hydrogen (secondary N) is 1. The SMILES string of the molecule is CC(CCNC(C)(C)C)CCc1ccc(F)cc1F. The zero-order valence-electron chi connectivity index (χ0n) is 12.4. The molecule has 0 radical (unpaired) electrons. The summed E-state index contributed by atoms with van der Waals surface area (Å²) >= 11 is 0. The van der Waals surface area contributed by atoms with E-state index < -0.39 is 11.6 Å². The molecule has 0 amide bonds. The zero-order chi connectivity index (χ0) is 14.5. The van der Waals surface area contributed by atoms with Crippen molar-refractivity contribution in [2.24, 2.45) is 5.92 Å². The minimum atomic E-state index is -0.510. The Balaban J connectivity index is 2.32. The van der Waals surface area contributed by atoms with Gasteiger partial charge in [0.2, 0.25) is 0 Å². The maximum Gasteiger partial charge on any atom is 0.129 e.